The molecule has 0 unspecified atom stereocenters. The van der Waals surface area contributed by atoms with Gasteiger partial charge in [-0.1, -0.05) is 68.1 Å². The Morgan fingerprint density at radius 3 is 1.33 bits per heavy atom. The molecule has 0 fully saturated rings. The zero-order chi connectivity index (χ0) is 9.80. The van der Waals surface area contributed by atoms with Crippen LogP contribution in [-0.4, -0.2) is 0 Å². The summed E-state index contributed by atoms with van der Waals surface area (Å²) in [6.07, 6.45) is 0. The molecule has 78 valence electrons. The van der Waals surface area contributed by atoms with Crippen molar-refractivity contribution >= 4 is 0 Å². The number of benzene rings is 2. The van der Waals surface area contributed by atoms with Gasteiger partial charge < -0.3 is 5.73 Å². The predicted octanol–water partition coefficient (Wildman–Crippen LogP) is 3.37. The molecule has 15 heavy (non-hydrogen) atoms. The van der Waals surface area contributed by atoms with Crippen molar-refractivity contribution in [2.24, 2.45) is 5.73 Å². The predicted molar refractivity (Wildman–Crippen MR) is 65.6 cm³/mol. The van der Waals surface area contributed by atoms with Crippen molar-refractivity contribution in [1.82, 2.24) is 0 Å². The Bertz CT molecular complexity index is 341. The van der Waals surface area contributed by atoms with Gasteiger partial charge in [0.1, 0.15) is 0 Å². The highest BCUT2D eigenvalue weighted by Gasteiger charge is 2.06. The standard InChI is InChI=1S/C13H13N.CH4/c14-13(11-7-3-1-4-8-11)12-9-5-2-6-10-12;/h1-10,13H,14H2;1H4. The second-order valence-electron chi connectivity index (χ2n) is 3.30. The minimum absolute atomic E-state index is 0. The molecule has 0 aromatic heterocycles. The lowest BCUT2D eigenvalue weighted by atomic mass is 10.00. The summed E-state index contributed by atoms with van der Waals surface area (Å²) in [4.78, 5) is 0. The highest BCUT2D eigenvalue weighted by Crippen LogP contribution is 2.18. The van der Waals surface area contributed by atoms with Gasteiger partial charge in [0.05, 0.1) is 6.04 Å². The van der Waals surface area contributed by atoms with E-state index < -0.39 is 0 Å². The van der Waals surface area contributed by atoms with Gasteiger partial charge in [-0.05, 0) is 11.1 Å². The molecule has 0 atom stereocenters. The van der Waals surface area contributed by atoms with Gasteiger partial charge in [0.25, 0.3) is 0 Å². The molecule has 0 saturated heterocycles. The summed E-state index contributed by atoms with van der Waals surface area (Å²) in [6.45, 7) is 0. The normalized spacial score (nSPS) is 9.73. The molecule has 0 heterocycles. The molecule has 0 aliphatic heterocycles. The van der Waals surface area contributed by atoms with E-state index in [-0.39, 0.29) is 13.5 Å². The molecular formula is C14H17N. The van der Waals surface area contributed by atoms with E-state index >= 15 is 0 Å². The third-order valence-electron chi connectivity index (χ3n) is 2.32. The zero-order valence-electron chi connectivity index (χ0n) is 7.93. The Hall–Kier alpha value is -1.60. The SMILES string of the molecule is C.NC(c1ccccc1)c1ccccc1. The summed E-state index contributed by atoms with van der Waals surface area (Å²) in [6, 6.07) is 20.2. The van der Waals surface area contributed by atoms with Gasteiger partial charge >= 0.3 is 0 Å². The largest absolute Gasteiger partial charge is 0.320 e. The fraction of sp³-hybridized carbons (Fsp3) is 0.143. The van der Waals surface area contributed by atoms with Crippen molar-refractivity contribution in [1.29, 1.82) is 0 Å². The highest BCUT2D eigenvalue weighted by molar-refractivity contribution is 5.30. The molecule has 2 aromatic rings. The number of rotatable bonds is 2. The van der Waals surface area contributed by atoms with Crippen molar-refractivity contribution in [3.05, 3.63) is 71.8 Å². The van der Waals surface area contributed by atoms with Crippen LogP contribution in [0.2, 0.25) is 0 Å². The van der Waals surface area contributed by atoms with Crippen molar-refractivity contribution in [3.8, 4) is 0 Å². The molecule has 1 heteroatoms. The monoisotopic (exact) mass is 199 g/mol. The van der Waals surface area contributed by atoms with Crippen LogP contribution in [0.1, 0.15) is 24.6 Å². The lowest BCUT2D eigenvalue weighted by molar-refractivity contribution is 0.871. The third-order valence-corrected chi connectivity index (χ3v) is 2.32. The summed E-state index contributed by atoms with van der Waals surface area (Å²) in [7, 11) is 0. The van der Waals surface area contributed by atoms with E-state index in [0.29, 0.717) is 0 Å². The fourth-order valence-electron chi connectivity index (χ4n) is 1.51. The third kappa shape index (κ3) is 2.67. The molecule has 2 aromatic carbocycles. The quantitative estimate of drug-likeness (QED) is 0.788. The lowest BCUT2D eigenvalue weighted by Gasteiger charge is -2.11. The van der Waals surface area contributed by atoms with Gasteiger partial charge in [-0.15, -0.1) is 0 Å². The van der Waals surface area contributed by atoms with E-state index in [4.69, 9.17) is 5.73 Å². The van der Waals surface area contributed by atoms with E-state index in [0.717, 1.165) is 11.1 Å². The van der Waals surface area contributed by atoms with Crippen LogP contribution in [0.4, 0.5) is 0 Å². The molecule has 0 bridgehead atoms. The van der Waals surface area contributed by atoms with Crippen molar-refractivity contribution in [2.75, 3.05) is 0 Å². The van der Waals surface area contributed by atoms with E-state index in [1.165, 1.54) is 0 Å². The second kappa shape index (κ2) is 5.32. The first-order valence-electron chi connectivity index (χ1n) is 4.73. The van der Waals surface area contributed by atoms with Crippen LogP contribution in [-0.2, 0) is 0 Å². The van der Waals surface area contributed by atoms with Crippen LogP contribution in [0.25, 0.3) is 0 Å². The molecule has 0 radical (unpaired) electrons. The van der Waals surface area contributed by atoms with E-state index in [9.17, 15) is 0 Å². The van der Waals surface area contributed by atoms with Gasteiger partial charge in [0, 0.05) is 0 Å². The average molecular weight is 199 g/mol. The van der Waals surface area contributed by atoms with E-state index in [1.807, 2.05) is 36.4 Å². The number of nitrogens with two attached hydrogens (primary N) is 1. The van der Waals surface area contributed by atoms with Crippen LogP contribution < -0.4 is 5.73 Å². The second-order valence-corrected chi connectivity index (χ2v) is 3.30. The molecule has 1 nitrogen and oxygen atoms in total. The van der Waals surface area contributed by atoms with Crippen molar-refractivity contribution in [2.45, 2.75) is 13.5 Å². The number of hydrogen-bond donors (Lipinski definition) is 1. The molecule has 2 N–H and O–H groups in total. The van der Waals surface area contributed by atoms with Gasteiger partial charge in [0.2, 0.25) is 0 Å². The molecule has 2 rings (SSSR count). The Balaban J connectivity index is 0.00000112. The van der Waals surface area contributed by atoms with E-state index in [2.05, 4.69) is 24.3 Å². The molecule has 0 saturated carbocycles. The van der Waals surface area contributed by atoms with Gasteiger partial charge in [-0.2, -0.15) is 0 Å². The maximum Gasteiger partial charge on any atom is 0.0551 e. The summed E-state index contributed by atoms with van der Waals surface area (Å²) >= 11 is 0. The van der Waals surface area contributed by atoms with Crippen molar-refractivity contribution < 1.29 is 0 Å². The van der Waals surface area contributed by atoms with Crippen molar-refractivity contribution in [3.63, 3.8) is 0 Å². The summed E-state index contributed by atoms with van der Waals surface area (Å²) in [5, 5.41) is 0. The maximum atomic E-state index is 6.12. The van der Waals surface area contributed by atoms with Gasteiger partial charge in [0.15, 0.2) is 0 Å². The summed E-state index contributed by atoms with van der Waals surface area (Å²) in [5.74, 6) is 0. The summed E-state index contributed by atoms with van der Waals surface area (Å²) in [5.41, 5.74) is 8.42. The Morgan fingerprint density at radius 1 is 0.667 bits per heavy atom. The van der Waals surface area contributed by atoms with Crippen LogP contribution in [0.3, 0.4) is 0 Å². The lowest BCUT2D eigenvalue weighted by Crippen LogP contribution is -2.11. The Kier molecular flexibility index (Phi) is 4.07. The Labute approximate surface area is 91.6 Å². The Morgan fingerprint density at radius 2 is 1.00 bits per heavy atom. The van der Waals surface area contributed by atoms with Gasteiger partial charge in [-0.3, -0.25) is 0 Å². The van der Waals surface area contributed by atoms with Crippen LogP contribution in [0.5, 0.6) is 0 Å². The smallest absolute Gasteiger partial charge is 0.0551 e. The zero-order valence-corrected chi connectivity index (χ0v) is 7.93. The van der Waals surface area contributed by atoms with Crippen LogP contribution >= 0.6 is 0 Å². The van der Waals surface area contributed by atoms with E-state index in [1.54, 1.807) is 0 Å². The van der Waals surface area contributed by atoms with Crippen LogP contribution in [0.15, 0.2) is 60.7 Å². The topological polar surface area (TPSA) is 26.0 Å². The summed E-state index contributed by atoms with van der Waals surface area (Å²) < 4.78 is 0. The molecule has 0 amide bonds. The first-order chi connectivity index (χ1) is 6.88. The van der Waals surface area contributed by atoms with Crippen LogP contribution in [0, 0.1) is 0 Å². The minimum atomic E-state index is -0.0163. The molecule has 0 aliphatic carbocycles. The average Bonchev–Trinajstić information content (AvgIpc) is 2.30. The number of hydrogen-bond acceptors (Lipinski definition) is 1. The van der Waals surface area contributed by atoms with Gasteiger partial charge in [-0.25, -0.2) is 0 Å². The molecular weight excluding hydrogens is 182 g/mol. The minimum Gasteiger partial charge on any atom is -0.320 e. The first kappa shape index (κ1) is 11.5. The molecule has 0 aliphatic rings. The fourth-order valence-corrected chi connectivity index (χ4v) is 1.51. The first-order valence-corrected chi connectivity index (χ1v) is 4.73. The maximum absolute atomic E-state index is 6.12. The highest BCUT2D eigenvalue weighted by atomic mass is 14.6. The molecule has 0 spiro atoms.